The number of rotatable bonds is 5. The van der Waals surface area contributed by atoms with Crippen molar-refractivity contribution in [3.63, 3.8) is 0 Å². The van der Waals surface area contributed by atoms with Gasteiger partial charge in [-0.2, -0.15) is 0 Å². The zero-order chi connectivity index (χ0) is 13.4. The van der Waals surface area contributed by atoms with Gasteiger partial charge in [-0.05, 0) is 19.9 Å². The van der Waals surface area contributed by atoms with E-state index < -0.39 is 0 Å². The van der Waals surface area contributed by atoms with Crippen LogP contribution in [0.5, 0.6) is 0 Å². The predicted octanol–water partition coefficient (Wildman–Crippen LogP) is 1.21. The molecule has 0 aliphatic rings. The SMILES string of the molecule is CCOCC(C)NC(=O)c1csc(C#CCN)c1. The van der Waals surface area contributed by atoms with Gasteiger partial charge in [-0.15, -0.1) is 11.3 Å². The monoisotopic (exact) mass is 266 g/mol. The van der Waals surface area contributed by atoms with Crippen molar-refractivity contribution in [3.05, 3.63) is 21.9 Å². The van der Waals surface area contributed by atoms with Gasteiger partial charge in [0, 0.05) is 18.0 Å². The Kier molecular flexibility index (Phi) is 6.44. The molecule has 0 radical (unpaired) electrons. The number of hydrogen-bond acceptors (Lipinski definition) is 4. The van der Waals surface area contributed by atoms with E-state index in [2.05, 4.69) is 17.2 Å². The quantitative estimate of drug-likeness (QED) is 0.787. The molecule has 0 aliphatic carbocycles. The highest BCUT2D eigenvalue weighted by molar-refractivity contribution is 7.10. The molecule has 1 aromatic heterocycles. The van der Waals surface area contributed by atoms with Gasteiger partial charge in [-0.3, -0.25) is 4.79 Å². The van der Waals surface area contributed by atoms with Crippen LogP contribution in [0.1, 0.15) is 29.1 Å². The first-order valence-electron chi connectivity index (χ1n) is 5.83. The van der Waals surface area contributed by atoms with Crippen LogP contribution in [0.4, 0.5) is 0 Å². The lowest BCUT2D eigenvalue weighted by Crippen LogP contribution is -2.35. The molecule has 1 heterocycles. The van der Waals surface area contributed by atoms with Crippen LogP contribution in [0.15, 0.2) is 11.4 Å². The summed E-state index contributed by atoms with van der Waals surface area (Å²) < 4.78 is 5.24. The molecule has 0 saturated heterocycles. The number of ether oxygens (including phenoxy) is 1. The van der Waals surface area contributed by atoms with Gasteiger partial charge in [-0.25, -0.2) is 0 Å². The number of carbonyl (C=O) groups excluding carboxylic acids is 1. The first-order valence-corrected chi connectivity index (χ1v) is 6.71. The van der Waals surface area contributed by atoms with E-state index in [0.717, 1.165) is 4.88 Å². The molecule has 1 atom stereocenters. The van der Waals surface area contributed by atoms with Gasteiger partial charge in [0.25, 0.3) is 5.91 Å². The predicted molar refractivity (Wildman–Crippen MR) is 73.7 cm³/mol. The Morgan fingerprint density at radius 1 is 1.67 bits per heavy atom. The van der Waals surface area contributed by atoms with Crippen molar-refractivity contribution in [1.82, 2.24) is 5.32 Å². The molecular formula is C13H18N2O2S. The first-order chi connectivity index (χ1) is 8.67. The van der Waals surface area contributed by atoms with Crippen molar-refractivity contribution in [2.75, 3.05) is 19.8 Å². The van der Waals surface area contributed by atoms with E-state index in [1.807, 2.05) is 13.8 Å². The molecule has 0 spiro atoms. The molecule has 3 N–H and O–H groups in total. The van der Waals surface area contributed by atoms with Crippen LogP contribution in [-0.4, -0.2) is 31.7 Å². The highest BCUT2D eigenvalue weighted by Crippen LogP contribution is 2.13. The standard InChI is InChI=1S/C13H18N2O2S/c1-3-17-8-10(2)15-13(16)11-7-12(18-9-11)5-4-6-14/h7,9-10H,3,6,8,14H2,1-2H3,(H,15,16). The summed E-state index contributed by atoms with van der Waals surface area (Å²) in [7, 11) is 0. The molecule has 0 bridgehead atoms. The number of nitrogens with two attached hydrogens (primary N) is 1. The van der Waals surface area contributed by atoms with Crippen molar-refractivity contribution in [3.8, 4) is 11.8 Å². The average molecular weight is 266 g/mol. The fourth-order valence-corrected chi connectivity index (χ4v) is 2.06. The summed E-state index contributed by atoms with van der Waals surface area (Å²) in [4.78, 5) is 12.7. The van der Waals surface area contributed by atoms with Crippen LogP contribution in [0, 0.1) is 11.8 Å². The molecule has 1 aromatic rings. The van der Waals surface area contributed by atoms with Crippen LogP contribution in [-0.2, 0) is 4.74 Å². The smallest absolute Gasteiger partial charge is 0.252 e. The molecular weight excluding hydrogens is 248 g/mol. The fourth-order valence-electron chi connectivity index (χ4n) is 1.30. The first kappa shape index (κ1) is 14.7. The molecule has 4 nitrogen and oxygen atoms in total. The van der Waals surface area contributed by atoms with Crippen molar-refractivity contribution < 1.29 is 9.53 Å². The Morgan fingerprint density at radius 3 is 3.11 bits per heavy atom. The maximum absolute atomic E-state index is 11.9. The van der Waals surface area contributed by atoms with Gasteiger partial charge < -0.3 is 15.8 Å². The van der Waals surface area contributed by atoms with Crippen LogP contribution in [0.25, 0.3) is 0 Å². The maximum atomic E-state index is 11.9. The number of amides is 1. The summed E-state index contributed by atoms with van der Waals surface area (Å²) in [6, 6.07) is 1.77. The van der Waals surface area contributed by atoms with Crippen LogP contribution in [0.3, 0.4) is 0 Å². The molecule has 1 unspecified atom stereocenters. The van der Waals surface area contributed by atoms with Crippen molar-refractivity contribution in [1.29, 1.82) is 0 Å². The lowest BCUT2D eigenvalue weighted by Gasteiger charge is -2.12. The van der Waals surface area contributed by atoms with Gasteiger partial charge in [0.2, 0.25) is 0 Å². The van der Waals surface area contributed by atoms with Crippen LogP contribution < -0.4 is 11.1 Å². The second kappa shape index (κ2) is 7.88. The van der Waals surface area contributed by atoms with Crippen LogP contribution in [0.2, 0.25) is 0 Å². The lowest BCUT2D eigenvalue weighted by molar-refractivity contribution is 0.0872. The molecule has 5 heteroatoms. The van der Waals surface area contributed by atoms with E-state index in [4.69, 9.17) is 10.5 Å². The highest BCUT2D eigenvalue weighted by atomic mass is 32.1. The average Bonchev–Trinajstić information content (AvgIpc) is 2.82. The molecule has 0 saturated carbocycles. The number of hydrogen-bond donors (Lipinski definition) is 2. The molecule has 0 aliphatic heterocycles. The zero-order valence-corrected chi connectivity index (χ0v) is 11.5. The topological polar surface area (TPSA) is 64.3 Å². The normalized spacial score (nSPS) is 11.5. The fraction of sp³-hybridized carbons (Fsp3) is 0.462. The molecule has 1 rings (SSSR count). The van der Waals surface area contributed by atoms with Gasteiger partial charge in [0.15, 0.2) is 0 Å². The number of nitrogens with one attached hydrogen (secondary N) is 1. The number of carbonyl (C=O) groups is 1. The van der Waals surface area contributed by atoms with Crippen molar-refractivity contribution >= 4 is 17.2 Å². The van der Waals surface area contributed by atoms with E-state index in [9.17, 15) is 4.79 Å². The third kappa shape index (κ3) is 4.88. The summed E-state index contributed by atoms with van der Waals surface area (Å²) in [5.41, 5.74) is 5.92. The highest BCUT2D eigenvalue weighted by Gasteiger charge is 2.11. The molecule has 0 aromatic carbocycles. The number of thiophene rings is 1. The summed E-state index contributed by atoms with van der Waals surface area (Å²) >= 11 is 1.44. The Morgan fingerprint density at radius 2 is 2.44 bits per heavy atom. The minimum Gasteiger partial charge on any atom is -0.380 e. The van der Waals surface area contributed by atoms with Gasteiger partial charge in [-0.1, -0.05) is 11.8 Å². The third-order valence-corrected chi connectivity index (χ3v) is 2.97. The minimum atomic E-state index is -0.0979. The second-order valence-corrected chi connectivity index (χ2v) is 4.65. The molecule has 1 amide bonds. The molecule has 0 fully saturated rings. The van der Waals surface area contributed by atoms with E-state index in [0.29, 0.717) is 25.3 Å². The summed E-state index contributed by atoms with van der Waals surface area (Å²) in [6.45, 7) is 5.33. The summed E-state index contributed by atoms with van der Waals surface area (Å²) in [5, 5.41) is 4.67. The molecule has 18 heavy (non-hydrogen) atoms. The van der Waals surface area contributed by atoms with E-state index >= 15 is 0 Å². The Hall–Kier alpha value is -1.35. The van der Waals surface area contributed by atoms with E-state index in [1.165, 1.54) is 11.3 Å². The molecule has 98 valence electrons. The van der Waals surface area contributed by atoms with Crippen LogP contribution >= 0.6 is 11.3 Å². The third-order valence-electron chi connectivity index (χ3n) is 2.12. The summed E-state index contributed by atoms with van der Waals surface area (Å²) in [5.74, 6) is 5.57. The van der Waals surface area contributed by atoms with Crippen molar-refractivity contribution in [2.45, 2.75) is 19.9 Å². The van der Waals surface area contributed by atoms with Crippen molar-refractivity contribution in [2.24, 2.45) is 5.73 Å². The Balaban J connectivity index is 2.53. The van der Waals surface area contributed by atoms with E-state index in [1.54, 1.807) is 11.4 Å². The van der Waals surface area contributed by atoms with Gasteiger partial charge in [0.1, 0.15) is 0 Å². The lowest BCUT2D eigenvalue weighted by atomic mass is 10.2. The largest absolute Gasteiger partial charge is 0.380 e. The van der Waals surface area contributed by atoms with E-state index in [-0.39, 0.29) is 11.9 Å². The van der Waals surface area contributed by atoms with Gasteiger partial charge >= 0.3 is 0 Å². The van der Waals surface area contributed by atoms with Gasteiger partial charge in [0.05, 0.1) is 23.6 Å². The Bertz CT molecular complexity index is 445. The maximum Gasteiger partial charge on any atom is 0.252 e. The Labute approximate surface area is 112 Å². The summed E-state index contributed by atoms with van der Waals surface area (Å²) in [6.07, 6.45) is 0. The minimum absolute atomic E-state index is 0.00377. The zero-order valence-electron chi connectivity index (χ0n) is 10.7. The second-order valence-electron chi connectivity index (χ2n) is 3.74.